The van der Waals surface area contributed by atoms with Crippen LogP contribution < -0.4 is 4.74 Å². The molecular weight excluding hydrogens is 253 g/mol. The summed E-state index contributed by atoms with van der Waals surface area (Å²) in [5.41, 5.74) is 1.82. The zero-order chi connectivity index (χ0) is 12.8. The van der Waals surface area contributed by atoms with Crippen molar-refractivity contribution in [2.45, 2.75) is 12.3 Å². The molecule has 0 unspecified atom stereocenters. The lowest BCUT2D eigenvalue weighted by Gasteiger charge is -2.10. The van der Waals surface area contributed by atoms with Gasteiger partial charge < -0.3 is 4.74 Å². The molecule has 2 aromatic rings. The number of benzene rings is 1. The van der Waals surface area contributed by atoms with Crippen LogP contribution in [0.3, 0.4) is 0 Å². The van der Waals surface area contributed by atoms with Crippen LogP contribution >= 0.6 is 11.6 Å². The van der Waals surface area contributed by atoms with E-state index in [0.717, 1.165) is 12.0 Å². The fourth-order valence-corrected chi connectivity index (χ4v) is 1.83. The lowest BCUT2D eigenvalue weighted by Crippen LogP contribution is -2.03. The van der Waals surface area contributed by atoms with E-state index in [9.17, 15) is 4.39 Å². The summed E-state index contributed by atoms with van der Waals surface area (Å²) in [4.78, 5) is 3.95. The number of halogens is 2. The molecule has 1 aromatic heterocycles. The standard InChI is InChI=1S/C14H13ClFNO/c15-10-12-9-13(16)1-2-14(12)18-8-5-11-3-6-17-7-4-11/h1-4,6-7,9H,5,8,10H2. The van der Waals surface area contributed by atoms with Crippen molar-refractivity contribution < 1.29 is 9.13 Å². The number of nitrogens with zero attached hydrogens (tertiary/aromatic N) is 1. The second kappa shape index (κ2) is 6.36. The Balaban J connectivity index is 1.94. The molecule has 1 aromatic carbocycles. The first-order valence-electron chi connectivity index (χ1n) is 5.65. The van der Waals surface area contributed by atoms with Gasteiger partial charge in [-0.3, -0.25) is 4.98 Å². The molecule has 0 amide bonds. The van der Waals surface area contributed by atoms with E-state index in [1.807, 2.05) is 12.1 Å². The Kier molecular flexibility index (Phi) is 4.53. The molecular formula is C14H13ClFNO. The Hall–Kier alpha value is -1.61. The largest absolute Gasteiger partial charge is 0.493 e. The van der Waals surface area contributed by atoms with E-state index in [1.54, 1.807) is 18.5 Å². The molecule has 0 bridgehead atoms. The van der Waals surface area contributed by atoms with E-state index in [1.165, 1.54) is 12.1 Å². The van der Waals surface area contributed by atoms with E-state index in [2.05, 4.69) is 4.98 Å². The Morgan fingerprint density at radius 2 is 1.94 bits per heavy atom. The molecule has 0 aliphatic heterocycles. The second-order valence-corrected chi connectivity index (χ2v) is 4.11. The van der Waals surface area contributed by atoms with Gasteiger partial charge in [0.25, 0.3) is 0 Å². The van der Waals surface area contributed by atoms with Gasteiger partial charge in [0.1, 0.15) is 11.6 Å². The average Bonchev–Trinajstić information content (AvgIpc) is 2.41. The first-order chi connectivity index (χ1) is 8.79. The molecule has 4 heteroatoms. The quantitative estimate of drug-likeness (QED) is 0.771. The Morgan fingerprint density at radius 1 is 1.17 bits per heavy atom. The zero-order valence-corrected chi connectivity index (χ0v) is 10.5. The summed E-state index contributed by atoms with van der Waals surface area (Å²) in [6.07, 6.45) is 4.27. The molecule has 0 aliphatic carbocycles. The molecule has 0 aliphatic rings. The molecule has 0 fully saturated rings. The van der Waals surface area contributed by atoms with Crippen LogP contribution in [0, 0.1) is 5.82 Å². The third-order valence-electron chi connectivity index (χ3n) is 2.56. The normalized spacial score (nSPS) is 10.3. The van der Waals surface area contributed by atoms with Crippen molar-refractivity contribution in [3.05, 3.63) is 59.7 Å². The summed E-state index contributed by atoms with van der Waals surface area (Å²) in [5.74, 6) is 0.579. The number of pyridine rings is 1. The topological polar surface area (TPSA) is 22.1 Å². The monoisotopic (exact) mass is 265 g/mol. The number of ether oxygens (including phenoxy) is 1. The first-order valence-corrected chi connectivity index (χ1v) is 6.19. The summed E-state index contributed by atoms with van der Waals surface area (Å²) >= 11 is 5.75. The van der Waals surface area contributed by atoms with Gasteiger partial charge in [0.2, 0.25) is 0 Å². The molecule has 2 rings (SSSR count). The molecule has 0 radical (unpaired) electrons. The van der Waals surface area contributed by atoms with Gasteiger partial charge in [0.05, 0.1) is 12.5 Å². The first kappa shape index (κ1) is 12.8. The van der Waals surface area contributed by atoms with Crippen molar-refractivity contribution in [3.8, 4) is 5.75 Å². The molecule has 1 heterocycles. The minimum absolute atomic E-state index is 0.238. The van der Waals surface area contributed by atoms with Gasteiger partial charge in [-0.1, -0.05) is 0 Å². The van der Waals surface area contributed by atoms with Gasteiger partial charge in [0.15, 0.2) is 0 Å². The van der Waals surface area contributed by atoms with Crippen molar-refractivity contribution >= 4 is 11.6 Å². The predicted octanol–water partition coefficient (Wildman–Crippen LogP) is 3.58. The van der Waals surface area contributed by atoms with Gasteiger partial charge in [0, 0.05) is 24.4 Å². The molecule has 0 saturated carbocycles. The van der Waals surface area contributed by atoms with Crippen LogP contribution in [0.4, 0.5) is 4.39 Å². The second-order valence-electron chi connectivity index (χ2n) is 3.84. The van der Waals surface area contributed by atoms with Crippen molar-refractivity contribution in [3.63, 3.8) is 0 Å². The van der Waals surface area contributed by atoms with Crippen molar-refractivity contribution in [1.29, 1.82) is 0 Å². The van der Waals surface area contributed by atoms with Gasteiger partial charge in [-0.05, 0) is 35.9 Å². The van der Waals surface area contributed by atoms with Crippen LogP contribution in [0.15, 0.2) is 42.7 Å². The Labute approximate surface area is 110 Å². The van der Waals surface area contributed by atoms with Gasteiger partial charge in [-0.25, -0.2) is 4.39 Å². The third kappa shape index (κ3) is 3.44. The lowest BCUT2D eigenvalue weighted by molar-refractivity contribution is 0.319. The molecule has 0 N–H and O–H groups in total. The van der Waals surface area contributed by atoms with Crippen LogP contribution in [-0.4, -0.2) is 11.6 Å². The number of hydrogen-bond donors (Lipinski definition) is 0. The Bertz CT molecular complexity index is 504. The number of alkyl halides is 1. The van der Waals surface area contributed by atoms with Crippen LogP contribution in [-0.2, 0) is 12.3 Å². The maximum atomic E-state index is 13.0. The molecule has 0 spiro atoms. The highest BCUT2D eigenvalue weighted by molar-refractivity contribution is 6.17. The molecule has 2 nitrogen and oxygen atoms in total. The van der Waals surface area contributed by atoms with E-state index >= 15 is 0 Å². The predicted molar refractivity (Wildman–Crippen MR) is 69.4 cm³/mol. The van der Waals surface area contributed by atoms with Gasteiger partial charge in [-0.2, -0.15) is 0 Å². The van der Waals surface area contributed by atoms with Crippen molar-refractivity contribution in [2.75, 3.05) is 6.61 Å². The average molecular weight is 266 g/mol. The molecule has 94 valence electrons. The van der Waals surface area contributed by atoms with Gasteiger partial charge in [-0.15, -0.1) is 11.6 Å². The van der Waals surface area contributed by atoms with Gasteiger partial charge >= 0.3 is 0 Å². The fraction of sp³-hybridized carbons (Fsp3) is 0.214. The van der Waals surface area contributed by atoms with Crippen molar-refractivity contribution in [2.24, 2.45) is 0 Å². The summed E-state index contributed by atoms with van der Waals surface area (Å²) < 4.78 is 18.6. The van der Waals surface area contributed by atoms with E-state index < -0.39 is 0 Å². The Morgan fingerprint density at radius 3 is 2.67 bits per heavy atom. The summed E-state index contributed by atoms with van der Waals surface area (Å²) in [6.45, 7) is 0.527. The van der Waals surface area contributed by atoms with E-state index in [-0.39, 0.29) is 11.7 Å². The minimum atomic E-state index is -0.299. The fourth-order valence-electron chi connectivity index (χ4n) is 1.62. The van der Waals surface area contributed by atoms with Crippen molar-refractivity contribution in [1.82, 2.24) is 4.98 Å². The summed E-state index contributed by atoms with van der Waals surface area (Å²) in [6, 6.07) is 8.26. The minimum Gasteiger partial charge on any atom is -0.493 e. The maximum Gasteiger partial charge on any atom is 0.123 e. The summed E-state index contributed by atoms with van der Waals surface area (Å²) in [5, 5.41) is 0. The molecule has 0 saturated heterocycles. The SMILES string of the molecule is Fc1ccc(OCCc2ccncc2)c(CCl)c1. The highest BCUT2D eigenvalue weighted by Gasteiger charge is 2.04. The lowest BCUT2D eigenvalue weighted by atomic mass is 10.2. The zero-order valence-electron chi connectivity index (χ0n) is 9.77. The highest BCUT2D eigenvalue weighted by atomic mass is 35.5. The van der Waals surface area contributed by atoms with Crippen LogP contribution in [0.25, 0.3) is 0 Å². The smallest absolute Gasteiger partial charge is 0.123 e. The number of aromatic nitrogens is 1. The van der Waals surface area contributed by atoms with E-state index in [4.69, 9.17) is 16.3 Å². The van der Waals surface area contributed by atoms with E-state index in [0.29, 0.717) is 17.9 Å². The summed E-state index contributed by atoms with van der Waals surface area (Å²) in [7, 11) is 0. The highest BCUT2D eigenvalue weighted by Crippen LogP contribution is 2.21. The number of hydrogen-bond acceptors (Lipinski definition) is 2. The van der Waals surface area contributed by atoms with Crippen LogP contribution in [0.2, 0.25) is 0 Å². The van der Waals surface area contributed by atoms with Crippen LogP contribution in [0.5, 0.6) is 5.75 Å². The number of rotatable bonds is 5. The third-order valence-corrected chi connectivity index (χ3v) is 2.85. The molecule has 18 heavy (non-hydrogen) atoms. The van der Waals surface area contributed by atoms with Crippen LogP contribution in [0.1, 0.15) is 11.1 Å². The maximum absolute atomic E-state index is 13.0. The molecule has 0 atom stereocenters.